The third kappa shape index (κ3) is 3.31. The first-order chi connectivity index (χ1) is 8.72. The Labute approximate surface area is 107 Å². The van der Waals surface area contributed by atoms with Gasteiger partial charge < -0.3 is 9.84 Å². The van der Waals surface area contributed by atoms with Gasteiger partial charge in [0.1, 0.15) is 0 Å². The van der Waals surface area contributed by atoms with Crippen LogP contribution in [0.5, 0.6) is 0 Å². The summed E-state index contributed by atoms with van der Waals surface area (Å²) in [6, 6.07) is 7.82. The summed E-state index contributed by atoms with van der Waals surface area (Å²) in [7, 11) is 1.69. The van der Waals surface area contributed by atoms with Crippen molar-refractivity contribution in [3.63, 3.8) is 0 Å². The number of methoxy groups -OCH3 is 1. The molecule has 1 saturated carbocycles. The summed E-state index contributed by atoms with van der Waals surface area (Å²) < 4.78 is 5.11. The van der Waals surface area contributed by atoms with Gasteiger partial charge in [-0.15, -0.1) is 0 Å². The van der Waals surface area contributed by atoms with Crippen molar-refractivity contribution in [2.75, 3.05) is 20.3 Å². The number of carbonyl (C=O) groups is 1. The van der Waals surface area contributed by atoms with Crippen LogP contribution < -0.4 is 0 Å². The molecule has 2 rings (SSSR count). The molecular formula is C14H19NO3. The Morgan fingerprint density at radius 2 is 2.17 bits per heavy atom. The first-order valence-electron chi connectivity index (χ1n) is 6.26. The molecule has 4 nitrogen and oxygen atoms in total. The number of hydrogen-bond donors (Lipinski definition) is 1. The number of hydrogen-bond acceptors (Lipinski definition) is 3. The van der Waals surface area contributed by atoms with Gasteiger partial charge in [0.2, 0.25) is 0 Å². The molecule has 4 heteroatoms. The third-order valence-corrected chi connectivity index (χ3v) is 3.27. The average molecular weight is 249 g/mol. The first kappa shape index (κ1) is 13.1. The highest BCUT2D eigenvalue weighted by Gasteiger charge is 2.29. The minimum atomic E-state index is -0.854. The molecule has 0 heterocycles. The number of benzene rings is 1. The highest BCUT2D eigenvalue weighted by atomic mass is 16.5. The van der Waals surface area contributed by atoms with Crippen LogP contribution in [-0.2, 0) is 11.3 Å². The molecule has 0 unspecified atom stereocenters. The number of aromatic carboxylic acids is 1. The molecule has 1 aromatic rings. The summed E-state index contributed by atoms with van der Waals surface area (Å²) in [5, 5.41) is 9.17. The van der Waals surface area contributed by atoms with Crippen LogP contribution in [-0.4, -0.2) is 42.3 Å². The zero-order valence-electron chi connectivity index (χ0n) is 10.6. The normalized spacial score (nSPS) is 15.0. The zero-order chi connectivity index (χ0) is 13.0. The van der Waals surface area contributed by atoms with Crippen LogP contribution >= 0.6 is 0 Å². The van der Waals surface area contributed by atoms with Crippen LogP contribution in [0.2, 0.25) is 0 Å². The second-order valence-corrected chi connectivity index (χ2v) is 4.66. The molecule has 1 N–H and O–H groups in total. The fourth-order valence-electron chi connectivity index (χ4n) is 2.12. The van der Waals surface area contributed by atoms with Crippen molar-refractivity contribution in [2.24, 2.45) is 0 Å². The Hall–Kier alpha value is -1.39. The second kappa shape index (κ2) is 5.98. The summed E-state index contributed by atoms with van der Waals surface area (Å²) in [4.78, 5) is 13.5. The predicted octanol–water partition coefficient (Wildman–Crippen LogP) is 2.00. The lowest BCUT2D eigenvalue weighted by atomic mass is 10.1. The second-order valence-electron chi connectivity index (χ2n) is 4.66. The molecule has 0 bridgehead atoms. The largest absolute Gasteiger partial charge is 0.478 e. The van der Waals surface area contributed by atoms with E-state index in [2.05, 4.69) is 4.90 Å². The van der Waals surface area contributed by atoms with Crippen molar-refractivity contribution < 1.29 is 14.6 Å². The van der Waals surface area contributed by atoms with Crippen LogP contribution in [0.25, 0.3) is 0 Å². The lowest BCUT2D eigenvalue weighted by molar-refractivity contribution is 0.0693. The van der Waals surface area contributed by atoms with E-state index in [4.69, 9.17) is 9.84 Å². The third-order valence-electron chi connectivity index (χ3n) is 3.27. The van der Waals surface area contributed by atoms with E-state index < -0.39 is 5.97 Å². The van der Waals surface area contributed by atoms with Gasteiger partial charge >= 0.3 is 5.97 Å². The molecule has 0 amide bonds. The SMILES string of the molecule is COCCN(Cc1ccccc1C(=O)O)C1CC1. The van der Waals surface area contributed by atoms with Crippen LogP contribution in [0.1, 0.15) is 28.8 Å². The Kier molecular flexibility index (Phi) is 4.33. The van der Waals surface area contributed by atoms with Crippen molar-refractivity contribution >= 4 is 5.97 Å². The molecular weight excluding hydrogens is 230 g/mol. The van der Waals surface area contributed by atoms with Gasteiger partial charge in [-0.05, 0) is 24.5 Å². The molecule has 0 aliphatic heterocycles. The lowest BCUT2D eigenvalue weighted by Gasteiger charge is -2.22. The minimum Gasteiger partial charge on any atom is -0.478 e. The van der Waals surface area contributed by atoms with E-state index in [1.165, 1.54) is 12.8 Å². The fraction of sp³-hybridized carbons (Fsp3) is 0.500. The monoisotopic (exact) mass is 249 g/mol. The van der Waals surface area contributed by atoms with Crippen molar-refractivity contribution in [1.29, 1.82) is 0 Å². The van der Waals surface area contributed by atoms with Crippen LogP contribution in [0.3, 0.4) is 0 Å². The maximum Gasteiger partial charge on any atom is 0.336 e. The molecule has 0 radical (unpaired) electrons. The number of carboxylic acid groups (broad SMARTS) is 1. The van der Waals surface area contributed by atoms with Crippen molar-refractivity contribution in [1.82, 2.24) is 4.90 Å². The molecule has 1 fully saturated rings. The van der Waals surface area contributed by atoms with E-state index >= 15 is 0 Å². The van der Waals surface area contributed by atoms with Gasteiger partial charge in [-0.1, -0.05) is 18.2 Å². The average Bonchev–Trinajstić information content (AvgIpc) is 3.19. The van der Waals surface area contributed by atoms with Gasteiger partial charge in [0.25, 0.3) is 0 Å². The van der Waals surface area contributed by atoms with Crippen LogP contribution in [0.4, 0.5) is 0 Å². The topological polar surface area (TPSA) is 49.8 Å². The molecule has 0 atom stereocenters. The van der Waals surface area contributed by atoms with Crippen LogP contribution in [0, 0.1) is 0 Å². The summed E-state index contributed by atoms with van der Waals surface area (Å²) in [6.45, 7) is 2.23. The van der Waals surface area contributed by atoms with Gasteiger partial charge in [-0.3, -0.25) is 4.90 Å². The summed E-state index contributed by atoms with van der Waals surface area (Å²) in [6.07, 6.45) is 2.41. The fourth-order valence-corrected chi connectivity index (χ4v) is 2.12. The molecule has 1 aliphatic carbocycles. The van der Waals surface area contributed by atoms with E-state index in [0.29, 0.717) is 24.8 Å². The van der Waals surface area contributed by atoms with E-state index in [9.17, 15) is 4.79 Å². The smallest absolute Gasteiger partial charge is 0.336 e. The van der Waals surface area contributed by atoms with Crippen molar-refractivity contribution in [3.8, 4) is 0 Å². The Morgan fingerprint density at radius 3 is 2.78 bits per heavy atom. The Bertz CT molecular complexity index is 415. The van der Waals surface area contributed by atoms with E-state index in [-0.39, 0.29) is 0 Å². The van der Waals surface area contributed by atoms with Gasteiger partial charge in [0.15, 0.2) is 0 Å². The molecule has 18 heavy (non-hydrogen) atoms. The van der Waals surface area contributed by atoms with Crippen LogP contribution in [0.15, 0.2) is 24.3 Å². The van der Waals surface area contributed by atoms with E-state index in [1.807, 2.05) is 12.1 Å². The molecule has 1 aromatic carbocycles. The quantitative estimate of drug-likeness (QED) is 0.803. The summed E-state index contributed by atoms with van der Waals surface area (Å²) in [5.41, 5.74) is 1.29. The highest BCUT2D eigenvalue weighted by molar-refractivity contribution is 5.89. The molecule has 98 valence electrons. The molecule has 1 aliphatic rings. The predicted molar refractivity (Wildman–Crippen MR) is 68.7 cm³/mol. The minimum absolute atomic E-state index is 0.403. The first-order valence-corrected chi connectivity index (χ1v) is 6.26. The highest BCUT2D eigenvalue weighted by Crippen LogP contribution is 2.28. The molecule has 0 spiro atoms. The van der Waals surface area contributed by atoms with Gasteiger partial charge in [0, 0.05) is 26.2 Å². The molecule has 0 aromatic heterocycles. The standard InChI is InChI=1S/C14H19NO3/c1-18-9-8-15(12-6-7-12)10-11-4-2-3-5-13(11)14(16)17/h2-5,12H,6-10H2,1H3,(H,16,17). The maximum absolute atomic E-state index is 11.2. The van der Waals surface area contributed by atoms with Gasteiger partial charge in [-0.25, -0.2) is 4.79 Å². The van der Waals surface area contributed by atoms with E-state index in [1.54, 1.807) is 19.2 Å². The van der Waals surface area contributed by atoms with E-state index in [0.717, 1.165) is 12.1 Å². The maximum atomic E-state index is 11.2. The number of rotatable bonds is 7. The van der Waals surface area contributed by atoms with Crippen molar-refractivity contribution in [2.45, 2.75) is 25.4 Å². The summed E-state index contributed by atoms with van der Waals surface area (Å²) >= 11 is 0. The number of ether oxygens (including phenoxy) is 1. The summed E-state index contributed by atoms with van der Waals surface area (Å²) in [5.74, 6) is -0.854. The zero-order valence-corrected chi connectivity index (χ0v) is 10.6. The lowest BCUT2D eigenvalue weighted by Crippen LogP contribution is -2.29. The van der Waals surface area contributed by atoms with Crippen molar-refractivity contribution in [3.05, 3.63) is 35.4 Å². The molecule has 0 saturated heterocycles. The number of nitrogens with zero attached hydrogens (tertiary/aromatic N) is 1. The van der Waals surface area contributed by atoms with Gasteiger partial charge in [-0.2, -0.15) is 0 Å². The Balaban J connectivity index is 2.08. The Morgan fingerprint density at radius 1 is 1.44 bits per heavy atom. The number of carboxylic acids is 1. The van der Waals surface area contributed by atoms with Gasteiger partial charge in [0.05, 0.1) is 12.2 Å².